The Labute approximate surface area is 193 Å². The van der Waals surface area contributed by atoms with Gasteiger partial charge in [0, 0.05) is 5.56 Å². The normalized spacial score (nSPS) is 18.3. The molecule has 3 heteroatoms. The number of rotatable bonds is 5. The Balaban J connectivity index is 2.25. The van der Waals surface area contributed by atoms with Gasteiger partial charge in [0.2, 0.25) is 0 Å². The molecule has 0 saturated heterocycles. The topological polar surface area (TPSA) is 24.7 Å². The van der Waals surface area contributed by atoms with Gasteiger partial charge in [-0.25, -0.2) is 4.99 Å². The highest BCUT2D eigenvalue weighted by Gasteiger charge is 2.28. The van der Waals surface area contributed by atoms with Crippen LogP contribution < -0.4 is 0 Å². The van der Waals surface area contributed by atoms with Crippen molar-refractivity contribution in [2.45, 2.75) is 79.2 Å². The van der Waals surface area contributed by atoms with Gasteiger partial charge in [-0.3, -0.25) is 4.99 Å². The van der Waals surface area contributed by atoms with Gasteiger partial charge in [0.05, 0.1) is 11.7 Å². The molecule has 0 radical (unpaired) electrons. The average molecular weight is 435 g/mol. The van der Waals surface area contributed by atoms with Crippen LogP contribution >= 0.6 is 11.8 Å². The fraction of sp³-hybridized carbons (Fsp3) is 0.500. The maximum atomic E-state index is 5.42. The van der Waals surface area contributed by atoms with Gasteiger partial charge < -0.3 is 0 Å². The van der Waals surface area contributed by atoms with Crippen LogP contribution in [0.4, 0.5) is 5.69 Å². The van der Waals surface area contributed by atoms with Crippen LogP contribution in [0.2, 0.25) is 0 Å². The van der Waals surface area contributed by atoms with E-state index < -0.39 is 0 Å². The van der Waals surface area contributed by atoms with Crippen molar-refractivity contribution in [3.05, 3.63) is 65.2 Å². The number of aliphatic imine (C=N–C) groups is 2. The number of thioether (sulfide) groups is 1. The Kier molecular flexibility index (Phi) is 7.80. The second-order valence-corrected chi connectivity index (χ2v) is 11.3. The summed E-state index contributed by atoms with van der Waals surface area (Å²) in [5.41, 5.74) is 6.08. The van der Waals surface area contributed by atoms with E-state index in [4.69, 9.17) is 9.98 Å². The molecule has 0 amide bonds. The molecule has 1 atom stereocenters. The Morgan fingerprint density at radius 3 is 2.10 bits per heavy atom. The van der Waals surface area contributed by atoms with Gasteiger partial charge >= 0.3 is 0 Å². The minimum absolute atomic E-state index is 0.150. The van der Waals surface area contributed by atoms with Gasteiger partial charge in [0.1, 0.15) is 10.8 Å². The SMILES string of the molecule is CC(C)c1cccc(C(C)C)c1N=C(C1=N[C@@H](C(C)(C)C)CCCS1)c1ccccc1. The van der Waals surface area contributed by atoms with Gasteiger partial charge in [-0.05, 0) is 47.0 Å². The number of hydrogen-bond acceptors (Lipinski definition) is 3. The molecule has 0 saturated carbocycles. The Morgan fingerprint density at radius 2 is 1.55 bits per heavy atom. The van der Waals surface area contributed by atoms with E-state index in [1.807, 2.05) is 11.8 Å². The van der Waals surface area contributed by atoms with E-state index in [9.17, 15) is 0 Å². The molecule has 2 aromatic rings. The van der Waals surface area contributed by atoms with Gasteiger partial charge in [-0.15, -0.1) is 11.8 Å². The molecule has 0 fully saturated rings. The third-order valence-electron chi connectivity index (χ3n) is 5.95. The molecule has 166 valence electrons. The predicted octanol–water partition coefficient (Wildman–Crippen LogP) is 8.39. The quantitative estimate of drug-likeness (QED) is 0.434. The van der Waals surface area contributed by atoms with E-state index in [1.54, 1.807) is 0 Å². The van der Waals surface area contributed by atoms with E-state index >= 15 is 0 Å². The van der Waals surface area contributed by atoms with Crippen molar-refractivity contribution in [2.24, 2.45) is 15.4 Å². The summed E-state index contributed by atoms with van der Waals surface area (Å²) in [4.78, 5) is 10.7. The zero-order valence-electron chi connectivity index (χ0n) is 20.3. The fourth-order valence-corrected chi connectivity index (χ4v) is 5.04. The summed E-state index contributed by atoms with van der Waals surface area (Å²) in [5, 5.41) is 1.09. The number of nitrogens with zero attached hydrogens (tertiary/aromatic N) is 2. The Morgan fingerprint density at radius 1 is 0.935 bits per heavy atom. The van der Waals surface area contributed by atoms with Crippen LogP contribution in [0.1, 0.15) is 89.8 Å². The molecule has 0 aromatic heterocycles. The van der Waals surface area contributed by atoms with Crippen molar-refractivity contribution in [1.29, 1.82) is 0 Å². The molecule has 0 bridgehead atoms. The zero-order chi connectivity index (χ0) is 22.6. The molecule has 0 unspecified atom stereocenters. The van der Waals surface area contributed by atoms with Crippen molar-refractivity contribution >= 4 is 28.2 Å². The summed E-state index contributed by atoms with van der Waals surface area (Å²) in [7, 11) is 0. The van der Waals surface area contributed by atoms with E-state index in [1.165, 1.54) is 17.5 Å². The maximum absolute atomic E-state index is 5.42. The standard InChI is InChI=1S/C28H38N2S/c1-19(2)22-15-11-16-23(20(3)4)26(22)30-25(21-13-9-8-10-14-21)27-29-24(28(5,6)7)17-12-18-31-27/h8-11,13-16,19-20,24H,12,17-18H2,1-7H3/t24-/m1/s1. The minimum Gasteiger partial charge on any atom is -0.272 e. The number of benzene rings is 2. The summed E-state index contributed by atoms with van der Waals surface area (Å²) < 4.78 is 0. The lowest BCUT2D eigenvalue weighted by molar-refractivity contribution is 0.308. The van der Waals surface area contributed by atoms with Gasteiger partial charge in [0.25, 0.3) is 0 Å². The smallest absolute Gasteiger partial charge is 0.117 e. The van der Waals surface area contributed by atoms with E-state index in [0.717, 1.165) is 34.2 Å². The first kappa shape index (κ1) is 23.8. The Hall–Kier alpha value is -1.87. The fourth-order valence-electron chi connectivity index (χ4n) is 4.03. The summed E-state index contributed by atoms with van der Waals surface area (Å²) >= 11 is 1.87. The lowest BCUT2D eigenvalue weighted by atomic mass is 9.84. The van der Waals surface area contributed by atoms with Crippen molar-refractivity contribution in [3.8, 4) is 0 Å². The lowest BCUT2D eigenvalue weighted by Gasteiger charge is -2.27. The maximum Gasteiger partial charge on any atom is 0.117 e. The van der Waals surface area contributed by atoms with Gasteiger partial charge in [-0.1, -0.05) is 97.0 Å². The molecule has 31 heavy (non-hydrogen) atoms. The summed E-state index contributed by atoms with van der Waals surface area (Å²) in [6, 6.07) is 17.6. The van der Waals surface area contributed by atoms with Crippen LogP contribution in [0, 0.1) is 5.41 Å². The largest absolute Gasteiger partial charge is 0.272 e. The van der Waals surface area contributed by atoms with E-state index in [-0.39, 0.29) is 5.41 Å². The predicted molar refractivity (Wildman–Crippen MR) is 140 cm³/mol. The third-order valence-corrected chi connectivity index (χ3v) is 7.01. The first-order valence-electron chi connectivity index (χ1n) is 11.7. The summed E-state index contributed by atoms with van der Waals surface area (Å²) in [6.45, 7) is 15.9. The van der Waals surface area contributed by atoms with Crippen LogP contribution in [0.5, 0.6) is 0 Å². The van der Waals surface area contributed by atoms with Crippen LogP contribution in [-0.2, 0) is 0 Å². The number of hydrogen-bond donors (Lipinski definition) is 0. The molecular formula is C28H38N2S. The van der Waals surface area contributed by atoms with Gasteiger partial charge in [-0.2, -0.15) is 0 Å². The van der Waals surface area contributed by atoms with Crippen LogP contribution in [0.15, 0.2) is 58.5 Å². The van der Waals surface area contributed by atoms with Crippen LogP contribution in [-0.4, -0.2) is 22.6 Å². The summed E-state index contributed by atoms with van der Waals surface area (Å²) in [5.74, 6) is 1.93. The van der Waals surface area contributed by atoms with Crippen molar-refractivity contribution in [1.82, 2.24) is 0 Å². The molecule has 1 aliphatic rings. The van der Waals surface area contributed by atoms with Crippen molar-refractivity contribution in [3.63, 3.8) is 0 Å². The highest BCUT2D eigenvalue weighted by atomic mass is 32.2. The second-order valence-electron chi connectivity index (χ2n) is 10.2. The van der Waals surface area contributed by atoms with Crippen molar-refractivity contribution < 1.29 is 0 Å². The molecule has 0 N–H and O–H groups in total. The minimum atomic E-state index is 0.150. The number of para-hydroxylation sites is 1. The molecule has 1 heterocycles. The Bertz CT molecular complexity index is 907. The molecule has 1 aliphatic heterocycles. The third kappa shape index (κ3) is 5.88. The average Bonchev–Trinajstić information content (AvgIpc) is 2.98. The van der Waals surface area contributed by atoms with Gasteiger partial charge in [0.15, 0.2) is 0 Å². The molecule has 2 aromatic carbocycles. The summed E-state index contributed by atoms with van der Waals surface area (Å²) in [6.07, 6.45) is 2.34. The van der Waals surface area contributed by atoms with E-state index in [2.05, 4.69) is 97.0 Å². The first-order chi connectivity index (χ1) is 14.7. The zero-order valence-corrected chi connectivity index (χ0v) is 21.1. The molecular weight excluding hydrogens is 396 g/mol. The lowest BCUT2D eigenvalue weighted by Crippen LogP contribution is -2.26. The van der Waals surface area contributed by atoms with Crippen molar-refractivity contribution in [2.75, 3.05) is 5.75 Å². The monoisotopic (exact) mass is 434 g/mol. The second kappa shape index (κ2) is 10.2. The molecule has 0 aliphatic carbocycles. The highest BCUT2D eigenvalue weighted by Crippen LogP contribution is 2.37. The molecule has 3 rings (SSSR count). The molecule has 2 nitrogen and oxygen atoms in total. The van der Waals surface area contributed by atoms with Crippen LogP contribution in [0.3, 0.4) is 0 Å². The van der Waals surface area contributed by atoms with E-state index in [0.29, 0.717) is 17.9 Å². The van der Waals surface area contributed by atoms with Crippen LogP contribution in [0.25, 0.3) is 0 Å². The molecule has 0 spiro atoms. The first-order valence-corrected chi connectivity index (χ1v) is 12.6. The highest BCUT2D eigenvalue weighted by molar-refractivity contribution is 8.15.